The molecule has 0 aliphatic carbocycles. The number of nitrogen functional groups attached to an aromatic ring is 1. The molecule has 5 heteroatoms. The molecule has 1 heterocycles. The topological polar surface area (TPSA) is 75.8 Å². The fourth-order valence-corrected chi connectivity index (χ4v) is 2.43. The van der Waals surface area contributed by atoms with Gasteiger partial charge in [-0.2, -0.15) is 0 Å². The molecule has 5 nitrogen and oxygen atoms in total. The van der Waals surface area contributed by atoms with Crippen LogP contribution in [-0.2, 0) is 0 Å². The summed E-state index contributed by atoms with van der Waals surface area (Å²) in [5.74, 6) is 0.519. The molecule has 1 saturated heterocycles. The van der Waals surface area contributed by atoms with Crippen LogP contribution < -0.4 is 10.5 Å². The number of nitrogens with two attached hydrogens (primary N) is 1. The van der Waals surface area contributed by atoms with Crippen molar-refractivity contribution in [3.63, 3.8) is 0 Å². The largest absolute Gasteiger partial charge is 0.492 e. The second-order valence-corrected chi connectivity index (χ2v) is 4.66. The van der Waals surface area contributed by atoms with Crippen LogP contribution in [0.5, 0.6) is 5.75 Å². The van der Waals surface area contributed by atoms with Gasteiger partial charge in [0.1, 0.15) is 5.75 Å². The Kier molecular flexibility index (Phi) is 4.27. The molecule has 0 saturated carbocycles. The molecule has 1 amide bonds. The second kappa shape index (κ2) is 5.93. The minimum atomic E-state index is -0.0775. The van der Waals surface area contributed by atoms with E-state index in [1.54, 1.807) is 23.1 Å². The predicted octanol–water partition coefficient (Wildman–Crippen LogP) is 1.26. The Balaban J connectivity index is 2.17. The van der Waals surface area contributed by atoms with Gasteiger partial charge in [-0.15, -0.1) is 0 Å². The highest BCUT2D eigenvalue weighted by Crippen LogP contribution is 2.25. The minimum Gasteiger partial charge on any atom is -0.492 e. The standard InChI is InChI=1S/C14H20N2O3/c1-2-19-13-6-5-10(8-12(13)15)14(18)16-7-3-4-11(16)9-17/h5-6,8,11,17H,2-4,7,9,15H2,1H3. The maximum atomic E-state index is 12.4. The van der Waals surface area contributed by atoms with Gasteiger partial charge in [0.25, 0.3) is 5.91 Å². The lowest BCUT2D eigenvalue weighted by atomic mass is 10.1. The van der Waals surface area contributed by atoms with E-state index in [0.29, 0.717) is 30.2 Å². The van der Waals surface area contributed by atoms with Crippen molar-refractivity contribution in [1.29, 1.82) is 0 Å². The third-order valence-corrected chi connectivity index (χ3v) is 3.41. The number of amides is 1. The van der Waals surface area contributed by atoms with Gasteiger partial charge in [-0.25, -0.2) is 0 Å². The van der Waals surface area contributed by atoms with E-state index < -0.39 is 0 Å². The van der Waals surface area contributed by atoms with Crippen molar-refractivity contribution in [1.82, 2.24) is 4.90 Å². The molecule has 0 bridgehead atoms. The van der Waals surface area contributed by atoms with Gasteiger partial charge in [0.15, 0.2) is 0 Å². The normalized spacial score (nSPS) is 18.6. The zero-order valence-corrected chi connectivity index (χ0v) is 11.1. The SMILES string of the molecule is CCOc1ccc(C(=O)N2CCCC2CO)cc1N. The lowest BCUT2D eigenvalue weighted by Crippen LogP contribution is -2.37. The third kappa shape index (κ3) is 2.81. The highest BCUT2D eigenvalue weighted by atomic mass is 16.5. The first-order chi connectivity index (χ1) is 9.17. The van der Waals surface area contributed by atoms with Gasteiger partial charge in [-0.05, 0) is 38.0 Å². The number of carbonyl (C=O) groups excluding carboxylic acids is 1. The molecule has 1 fully saturated rings. The molecule has 1 aromatic carbocycles. The summed E-state index contributed by atoms with van der Waals surface area (Å²) < 4.78 is 5.35. The molecule has 1 aliphatic heterocycles. The monoisotopic (exact) mass is 264 g/mol. The van der Waals surface area contributed by atoms with Gasteiger partial charge in [0.05, 0.1) is 24.9 Å². The van der Waals surface area contributed by atoms with Crippen LogP contribution in [0.2, 0.25) is 0 Å². The van der Waals surface area contributed by atoms with Crippen molar-refractivity contribution >= 4 is 11.6 Å². The van der Waals surface area contributed by atoms with Crippen molar-refractivity contribution in [3.05, 3.63) is 23.8 Å². The summed E-state index contributed by atoms with van der Waals surface area (Å²) in [6, 6.07) is 5.01. The van der Waals surface area contributed by atoms with Gasteiger partial charge in [-0.3, -0.25) is 4.79 Å². The molecular weight excluding hydrogens is 244 g/mol. The molecule has 2 rings (SSSR count). The summed E-state index contributed by atoms with van der Waals surface area (Å²) in [7, 11) is 0. The van der Waals surface area contributed by atoms with E-state index in [9.17, 15) is 9.90 Å². The zero-order valence-electron chi connectivity index (χ0n) is 11.1. The van der Waals surface area contributed by atoms with Gasteiger partial charge in [0, 0.05) is 12.1 Å². The van der Waals surface area contributed by atoms with E-state index in [2.05, 4.69) is 0 Å². The molecule has 0 radical (unpaired) electrons. The summed E-state index contributed by atoms with van der Waals surface area (Å²) in [5, 5.41) is 9.26. The fourth-order valence-electron chi connectivity index (χ4n) is 2.43. The number of ether oxygens (including phenoxy) is 1. The summed E-state index contributed by atoms with van der Waals surface area (Å²) in [5.41, 5.74) is 6.87. The highest BCUT2D eigenvalue weighted by Gasteiger charge is 2.28. The van der Waals surface area contributed by atoms with Crippen LogP contribution in [-0.4, -0.2) is 41.7 Å². The number of rotatable bonds is 4. The molecule has 1 aliphatic rings. The average molecular weight is 264 g/mol. The zero-order chi connectivity index (χ0) is 13.8. The number of likely N-dealkylation sites (tertiary alicyclic amines) is 1. The summed E-state index contributed by atoms with van der Waals surface area (Å²) in [4.78, 5) is 14.1. The van der Waals surface area contributed by atoms with Gasteiger partial charge in [0.2, 0.25) is 0 Å². The maximum Gasteiger partial charge on any atom is 0.254 e. The number of benzene rings is 1. The summed E-state index contributed by atoms with van der Waals surface area (Å²) in [6.45, 7) is 3.13. The lowest BCUT2D eigenvalue weighted by molar-refractivity contribution is 0.0677. The Morgan fingerprint density at radius 1 is 1.58 bits per heavy atom. The molecule has 19 heavy (non-hydrogen) atoms. The Bertz CT molecular complexity index is 462. The molecule has 1 aromatic rings. The molecule has 1 unspecified atom stereocenters. The van der Waals surface area contributed by atoms with Crippen LogP contribution in [0, 0.1) is 0 Å². The van der Waals surface area contributed by atoms with E-state index in [-0.39, 0.29) is 18.6 Å². The fraction of sp³-hybridized carbons (Fsp3) is 0.500. The van der Waals surface area contributed by atoms with Crippen LogP contribution in [0.4, 0.5) is 5.69 Å². The van der Waals surface area contributed by atoms with Crippen molar-refractivity contribution in [2.75, 3.05) is 25.5 Å². The van der Waals surface area contributed by atoms with E-state index >= 15 is 0 Å². The third-order valence-electron chi connectivity index (χ3n) is 3.41. The highest BCUT2D eigenvalue weighted by molar-refractivity contribution is 5.95. The van der Waals surface area contributed by atoms with Gasteiger partial charge in [-0.1, -0.05) is 0 Å². The lowest BCUT2D eigenvalue weighted by Gasteiger charge is -2.23. The van der Waals surface area contributed by atoms with Crippen LogP contribution in [0.15, 0.2) is 18.2 Å². The average Bonchev–Trinajstić information content (AvgIpc) is 2.88. The van der Waals surface area contributed by atoms with Crippen LogP contribution in [0.25, 0.3) is 0 Å². The number of anilines is 1. The summed E-state index contributed by atoms with van der Waals surface area (Å²) >= 11 is 0. The number of nitrogens with zero attached hydrogens (tertiary/aromatic N) is 1. The first kappa shape index (κ1) is 13.7. The predicted molar refractivity (Wildman–Crippen MR) is 73.2 cm³/mol. The second-order valence-electron chi connectivity index (χ2n) is 4.66. The first-order valence-electron chi connectivity index (χ1n) is 6.61. The molecule has 3 N–H and O–H groups in total. The van der Waals surface area contributed by atoms with E-state index in [1.807, 2.05) is 6.92 Å². The van der Waals surface area contributed by atoms with Crippen LogP contribution in [0.3, 0.4) is 0 Å². The number of aliphatic hydroxyl groups is 1. The number of hydrogen-bond acceptors (Lipinski definition) is 4. The van der Waals surface area contributed by atoms with Crippen molar-refractivity contribution < 1.29 is 14.6 Å². The first-order valence-corrected chi connectivity index (χ1v) is 6.61. The van der Waals surface area contributed by atoms with E-state index in [0.717, 1.165) is 12.8 Å². The quantitative estimate of drug-likeness (QED) is 0.803. The van der Waals surface area contributed by atoms with E-state index in [1.165, 1.54) is 0 Å². The van der Waals surface area contributed by atoms with Crippen molar-refractivity contribution in [2.24, 2.45) is 0 Å². The Hall–Kier alpha value is -1.75. The molecular formula is C14H20N2O3. The molecule has 0 spiro atoms. The van der Waals surface area contributed by atoms with E-state index in [4.69, 9.17) is 10.5 Å². The Labute approximate surface area is 113 Å². The van der Waals surface area contributed by atoms with Gasteiger partial charge < -0.3 is 20.5 Å². The van der Waals surface area contributed by atoms with Crippen LogP contribution >= 0.6 is 0 Å². The maximum absolute atomic E-state index is 12.4. The molecule has 104 valence electrons. The van der Waals surface area contributed by atoms with Crippen LogP contribution in [0.1, 0.15) is 30.1 Å². The Morgan fingerprint density at radius 2 is 2.37 bits per heavy atom. The van der Waals surface area contributed by atoms with Crippen molar-refractivity contribution in [2.45, 2.75) is 25.8 Å². The van der Waals surface area contributed by atoms with Crippen molar-refractivity contribution in [3.8, 4) is 5.75 Å². The number of hydrogen-bond donors (Lipinski definition) is 2. The number of carbonyl (C=O) groups is 1. The summed E-state index contributed by atoms with van der Waals surface area (Å²) in [6.07, 6.45) is 1.79. The molecule has 0 aromatic heterocycles. The van der Waals surface area contributed by atoms with Gasteiger partial charge >= 0.3 is 0 Å². The molecule has 1 atom stereocenters. The minimum absolute atomic E-state index is 0.0122. The number of aliphatic hydroxyl groups excluding tert-OH is 1. The Morgan fingerprint density at radius 3 is 3.00 bits per heavy atom. The smallest absolute Gasteiger partial charge is 0.254 e.